The summed E-state index contributed by atoms with van der Waals surface area (Å²) in [4.78, 5) is 12.6. The predicted molar refractivity (Wildman–Crippen MR) is 159 cm³/mol. The maximum atomic E-state index is 12.6. The molecular formula is C27H51N7O13. The van der Waals surface area contributed by atoms with Crippen LogP contribution in [0.5, 0.6) is 0 Å². The molecule has 0 aromatic heterocycles. The first-order valence-electron chi connectivity index (χ1n) is 15.6. The van der Waals surface area contributed by atoms with Gasteiger partial charge in [-0.3, -0.25) is 4.79 Å². The SMILES string of the molecule is NCC[C@H](O)C(=O)N[C@@H]1C[C@H](N)[C@@H](O[C@H]2O[C@H](CN)C=C[C@H]2N)[C@H](O[C@@H]2O[C@H](CO)[C@@H](O[C@H]3O[C@@H](CN)[C@@H](O)[C@H](O)[C@H]3N)[C@H]2O)[C@H]1O. The molecule has 0 aromatic carbocycles. The monoisotopic (exact) mass is 681 g/mol. The molecule has 3 fully saturated rings. The maximum Gasteiger partial charge on any atom is 0.249 e. The molecule has 4 aliphatic rings. The van der Waals surface area contributed by atoms with Gasteiger partial charge in [-0.25, -0.2) is 0 Å². The fourth-order valence-electron chi connectivity index (χ4n) is 6.06. The van der Waals surface area contributed by atoms with Gasteiger partial charge >= 0.3 is 0 Å². The van der Waals surface area contributed by atoms with Crippen molar-refractivity contribution in [3.63, 3.8) is 0 Å². The molecule has 272 valence electrons. The minimum atomic E-state index is -1.65. The Kier molecular flexibility index (Phi) is 13.8. The summed E-state index contributed by atoms with van der Waals surface area (Å²) in [6.07, 6.45) is -15.0. The molecule has 4 rings (SSSR count). The van der Waals surface area contributed by atoms with Crippen molar-refractivity contribution < 1.29 is 63.9 Å². The molecule has 0 radical (unpaired) electrons. The zero-order valence-electron chi connectivity index (χ0n) is 25.8. The molecular weight excluding hydrogens is 630 g/mol. The van der Waals surface area contributed by atoms with E-state index >= 15 is 0 Å². The summed E-state index contributed by atoms with van der Waals surface area (Å²) in [7, 11) is 0. The van der Waals surface area contributed by atoms with Crippen LogP contribution in [0, 0.1) is 0 Å². The van der Waals surface area contributed by atoms with Crippen molar-refractivity contribution in [3.8, 4) is 0 Å². The van der Waals surface area contributed by atoms with Gasteiger partial charge in [0.2, 0.25) is 5.91 Å². The molecule has 20 heteroatoms. The predicted octanol–water partition coefficient (Wildman–Crippen LogP) is -8.19. The quantitative estimate of drug-likeness (QED) is 0.0802. The fourth-order valence-corrected chi connectivity index (χ4v) is 6.06. The Morgan fingerprint density at radius 1 is 0.809 bits per heavy atom. The van der Waals surface area contributed by atoms with Gasteiger partial charge in [-0.1, -0.05) is 12.2 Å². The molecule has 0 bridgehead atoms. The molecule has 0 aromatic rings. The minimum absolute atomic E-state index is 0.0263. The molecule has 1 aliphatic carbocycles. The molecule has 18 atom stereocenters. The second-order valence-electron chi connectivity index (χ2n) is 12.2. The van der Waals surface area contributed by atoms with Gasteiger partial charge in [0.15, 0.2) is 18.9 Å². The van der Waals surface area contributed by atoms with E-state index in [-0.39, 0.29) is 32.5 Å². The summed E-state index contributed by atoms with van der Waals surface area (Å²) in [5.41, 5.74) is 35.5. The number of aliphatic hydroxyl groups excluding tert-OH is 6. The van der Waals surface area contributed by atoms with Crippen molar-refractivity contribution in [1.82, 2.24) is 5.32 Å². The van der Waals surface area contributed by atoms with E-state index in [9.17, 15) is 35.4 Å². The third-order valence-electron chi connectivity index (χ3n) is 8.82. The molecule has 20 nitrogen and oxygen atoms in total. The number of carbonyl (C=O) groups is 1. The lowest BCUT2D eigenvalue weighted by Gasteiger charge is -2.46. The molecule has 1 saturated carbocycles. The van der Waals surface area contributed by atoms with E-state index in [4.69, 9.17) is 62.8 Å². The fraction of sp³-hybridized carbons (Fsp3) is 0.889. The second kappa shape index (κ2) is 16.9. The summed E-state index contributed by atoms with van der Waals surface area (Å²) in [6.45, 7) is -0.679. The number of rotatable bonds is 13. The van der Waals surface area contributed by atoms with E-state index in [1.54, 1.807) is 12.2 Å². The highest BCUT2D eigenvalue weighted by Crippen LogP contribution is 2.34. The molecule has 2 saturated heterocycles. The van der Waals surface area contributed by atoms with E-state index in [0.29, 0.717) is 0 Å². The van der Waals surface area contributed by atoms with Crippen LogP contribution >= 0.6 is 0 Å². The number of aliphatic hydroxyl groups is 6. The van der Waals surface area contributed by atoms with Gasteiger partial charge in [0.1, 0.15) is 61.0 Å². The van der Waals surface area contributed by atoms with Crippen molar-refractivity contribution in [2.75, 3.05) is 26.2 Å². The Balaban J connectivity index is 1.55. The molecule has 3 heterocycles. The van der Waals surface area contributed by atoms with Crippen LogP contribution in [0.4, 0.5) is 0 Å². The zero-order chi connectivity index (χ0) is 34.6. The summed E-state index contributed by atoms with van der Waals surface area (Å²) in [6, 6.07) is -3.99. The lowest BCUT2D eigenvalue weighted by atomic mass is 9.83. The average Bonchev–Trinajstić information content (AvgIpc) is 3.35. The van der Waals surface area contributed by atoms with Gasteiger partial charge in [-0.05, 0) is 19.4 Å². The van der Waals surface area contributed by atoms with Crippen LogP contribution in [0.1, 0.15) is 12.8 Å². The topological polar surface area (TPSA) is 362 Å². The highest BCUT2D eigenvalue weighted by molar-refractivity contribution is 5.80. The van der Waals surface area contributed by atoms with Crippen LogP contribution in [0.3, 0.4) is 0 Å². The van der Waals surface area contributed by atoms with Crippen LogP contribution in [0.2, 0.25) is 0 Å². The van der Waals surface area contributed by atoms with E-state index in [1.807, 2.05) is 0 Å². The van der Waals surface area contributed by atoms with E-state index < -0.39 is 123 Å². The third-order valence-corrected chi connectivity index (χ3v) is 8.82. The first-order chi connectivity index (χ1) is 22.3. The van der Waals surface area contributed by atoms with E-state index in [0.717, 1.165) is 0 Å². The van der Waals surface area contributed by atoms with Gasteiger partial charge in [0.25, 0.3) is 0 Å². The number of ether oxygens (including phenoxy) is 6. The van der Waals surface area contributed by atoms with Crippen LogP contribution in [0.15, 0.2) is 12.2 Å². The van der Waals surface area contributed by atoms with Gasteiger partial charge < -0.3 is 98.8 Å². The summed E-state index contributed by atoms with van der Waals surface area (Å²) < 4.78 is 35.3. The van der Waals surface area contributed by atoms with Crippen LogP contribution in [0.25, 0.3) is 0 Å². The smallest absolute Gasteiger partial charge is 0.249 e. The highest BCUT2D eigenvalue weighted by atomic mass is 16.8. The Morgan fingerprint density at radius 3 is 2.11 bits per heavy atom. The van der Waals surface area contributed by atoms with Crippen LogP contribution in [-0.4, -0.2) is 173 Å². The van der Waals surface area contributed by atoms with E-state index in [1.165, 1.54) is 0 Å². The molecule has 47 heavy (non-hydrogen) atoms. The standard InChI is InChI=1S/C27H51N7O13/c28-4-3-13(36)24(41)34-12-5-11(32)21(45-25-10(31)2-1-9(6-29)42-25)23(17(12)37)47-27-20(40)22(15(8-35)44-27)46-26-16(33)19(39)18(38)14(7-30)43-26/h1-2,9-23,25-27,35-40H,3-8,28-33H2,(H,34,41)/t9-,10+,11-,12+,13-,14-,15+,16+,17-,18+,19+,20+,21+,22+,23+,25+,26+,27-/m0/s1. The van der Waals surface area contributed by atoms with Crippen molar-refractivity contribution in [2.45, 2.75) is 123 Å². The summed E-state index contributed by atoms with van der Waals surface area (Å²) in [5, 5.41) is 66.1. The Bertz CT molecular complexity index is 1040. The van der Waals surface area contributed by atoms with Crippen LogP contribution < -0.4 is 39.7 Å². The zero-order valence-corrected chi connectivity index (χ0v) is 25.8. The van der Waals surface area contributed by atoms with Gasteiger partial charge in [0.05, 0.1) is 30.8 Å². The Morgan fingerprint density at radius 2 is 1.47 bits per heavy atom. The summed E-state index contributed by atoms with van der Waals surface area (Å²) >= 11 is 0. The van der Waals surface area contributed by atoms with Crippen molar-refractivity contribution in [1.29, 1.82) is 0 Å². The number of carbonyl (C=O) groups excluding carboxylic acids is 1. The average molecular weight is 682 g/mol. The minimum Gasteiger partial charge on any atom is -0.394 e. The normalized spacial score (nSPS) is 46.3. The number of hydrogen-bond acceptors (Lipinski definition) is 19. The van der Waals surface area contributed by atoms with Crippen LogP contribution in [-0.2, 0) is 33.2 Å². The molecule has 1 amide bonds. The lowest BCUT2D eigenvalue weighted by Crippen LogP contribution is -2.67. The third kappa shape index (κ3) is 8.63. The molecule has 0 spiro atoms. The second-order valence-corrected chi connectivity index (χ2v) is 12.2. The number of hydrogen-bond donors (Lipinski definition) is 13. The number of nitrogens with one attached hydrogen (secondary N) is 1. The molecule has 19 N–H and O–H groups in total. The first kappa shape index (κ1) is 38.3. The summed E-state index contributed by atoms with van der Waals surface area (Å²) in [5.74, 6) is -0.795. The van der Waals surface area contributed by atoms with Crippen molar-refractivity contribution >= 4 is 5.91 Å². The molecule has 0 unspecified atom stereocenters. The van der Waals surface area contributed by atoms with E-state index in [2.05, 4.69) is 5.32 Å². The van der Waals surface area contributed by atoms with Crippen molar-refractivity contribution in [3.05, 3.63) is 12.2 Å². The highest BCUT2D eigenvalue weighted by Gasteiger charge is 2.54. The largest absolute Gasteiger partial charge is 0.394 e. The maximum absolute atomic E-state index is 12.6. The molecule has 3 aliphatic heterocycles. The van der Waals surface area contributed by atoms with Gasteiger partial charge in [0, 0.05) is 19.1 Å². The number of amides is 1. The Labute approximate surface area is 271 Å². The van der Waals surface area contributed by atoms with Crippen molar-refractivity contribution in [2.24, 2.45) is 34.4 Å². The van der Waals surface area contributed by atoms with Gasteiger partial charge in [-0.2, -0.15) is 0 Å². The Hall–Kier alpha value is -1.51. The number of nitrogens with two attached hydrogens (primary N) is 6. The van der Waals surface area contributed by atoms with Gasteiger partial charge in [-0.15, -0.1) is 0 Å². The lowest BCUT2D eigenvalue weighted by molar-refractivity contribution is -0.284. The first-order valence-corrected chi connectivity index (χ1v) is 15.6.